The van der Waals surface area contributed by atoms with Crippen LogP contribution in [0, 0.1) is 0 Å². The Bertz CT molecular complexity index is 909. The van der Waals surface area contributed by atoms with E-state index in [2.05, 4.69) is 18.8 Å². The topological polar surface area (TPSA) is 43.6 Å². The normalized spacial score (nSPS) is 12.2. The SMILES string of the molecule is C=C(C)NC(C)c1coc2cc(OCc3ccc(OC(C)C)cc3)ccc12. The third-order valence-corrected chi connectivity index (χ3v) is 4.21. The number of allylic oxidation sites excluding steroid dienone is 1. The van der Waals surface area contributed by atoms with Crippen molar-refractivity contribution in [3.8, 4) is 11.5 Å². The van der Waals surface area contributed by atoms with Crippen molar-refractivity contribution in [1.29, 1.82) is 0 Å². The van der Waals surface area contributed by atoms with E-state index in [-0.39, 0.29) is 12.1 Å². The van der Waals surface area contributed by atoms with Crippen LogP contribution in [-0.2, 0) is 6.61 Å². The van der Waals surface area contributed by atoms with Crippen molar-refractivity contribution in [2.75, 3.05) is 0 Å². The molecule has 0 aliphatic rings. The molecular weight excluding hydrogens is 338 g/mol. The Balaban J connectivity index is 1.66. The summed E-state index contributed by atoms with van der Waals surface area (Å²) in [4.78, 5) is 0. The molecule has 1 heterocycles. The summed E-state index contributed by atoms with van der Waals surface area (Å²) in [5.41, 5.74) is 3.95. The number of fused-ring (bicyclic) bond motifs is 1. The Morgan fingerprint density at radius 2 is 1.78 bits per heavy atom. The third-order valence-electron chi connectivity index (χ3n) is 4.21. The predicted octanol–water partition coefficient (Wildman–Crippen LogP) is 5.98. The molecule has 0 amide bonds. The van der Waals surface area contributed by atoms with Crippen molar-refractivity contribution in [3.63, 3.8) is 0 Å². The van der Waals surface area contributed by atoms with Crippen molar-refractivity contribution in [2.45, 2.75) is 46.4 Å². The molecule has 1 N–H and O–H groups in total. The minimum Gasteiger partial charge on any atom is -0.491 e. The minimum absolute atomic E-state index is 0.141. The van der Waals surface area contributed by atoms with Crippen molar-refractivity contribution < 1.29 is 13.9 Å². The molecule has 0 aliphatic carbocycles. The Hall–Kier alpha value is -2.88. The zero-order valence-corrected chi connectivity index (χ0v) is 16.4. The maximum Gasteiger partial charge on any atom is 0.137 e. The van der Waals surface area contributed by atoms with Gasteiger partial charge in [0.2, 0.25) is 0 Å². The quantitative estimate of drug-likeness (QED) is 0.533. The summed E-state index contributed by atoms with van der Waals surface area (Å²) in [6.45, 7) is 12.5. The van der Waals surface area contributed by atoms with E-state index in [1.165, 1.54) is 0 Å². The largest absolute Gasteiger partial charge is 0.491 e. The van der Waals surface area contributed by atoms with Gasteiger partial charge in [0.05, 0.1) is 18.4 Å². The number of furan rings is 1. The molecule has 0 spiro atoms. The first kappa shape index (κ1) is 18.9. The van der Waals surface area contributed by atoms with E-state index in [4.69, 9.17) is 13.9 Å². The van der Waals surface area contributed by atoms with Crippen LogP contribution in [0.15, 0.2) is 65.4 Å². The molecule has 1 unspecified atom stereocenters. The molecule has 1 aromatic heterocycles. The maximum absolute atomic E-state index is 5.92. The molecule has 0 aliphatic heterocycles. The highest BCUT2D eigenvalue weighted by Crippen LogP contribution is 2.30. The van der Waals surface area contributed by atoms with Gasteiger partial charge in [0, 0.05) is 22.7 Å². The van der Waals surface area contributed by atoms with Crippen molar-refractivity contribution >= 4 is 11.0 Å². The number of rotatable bonds is 8. The summed E-state index contributed by atoms with van der Waals surface area (Å²) in [7, 11) is 0. The maximum atomic E-state index is 5.92. The van der Waals surface area contributed by atoms with Crippen LogP contribution in [0.3, 0.4) is 0 Å². The second kappa shape index (κ2) is 8.21. The highest BCUT2D eigenvalue weighted by atomic mass is 16.5. The Morgan fingerprint density at radius 3 is 2.44 bits per heavy atom. The van der Waals surface area contributed by atoms with Crippen molar-refractivity contribution in [1.82, 2.24) is 5.32 Å². The van der Waals surface area contributed by atoms with E-state index in [0.29, 0.717) is 6.61 Å². The molecule has 0 radical (unpaired) electrons. The van der Waals surface area contributed by atoms with Gasteiger partial charge in [-0.15, -0.1) is 0 Å². The lowest BCUT2D eigenvalue weighted by atomic mass is 10.1. The Kier molecular flexibility index (Phi) is 5.75. The molecule has 4 nitrogen and oxygen atoms in total. The smallest absolute Gasteiger partial charge is 0.137 e. The molecule has 0 fully saturated rings. The van der Waals surface area contributed by atoms with Gasteiger partial charge in [-0.05, 0) is 57.5 Å². The van der Waals surface area contributed by atoms with Crippen molar-refractivity contribution in [3.05, 3.63) is 72.1 Å². The van der Waals surface area contributed by atoms with E-state index in [0.717, 1.165) is 39.3 Å². The fourth-order valence-electron chi connectivity index (χ4n) is 3.00. The van der Waals surface area contributed by atoms with E-state index >= 15 is 0 Å². The van der Waals surface area contributed by atoms with Gasteiger partial charge < -0.3 is 19.2 Å². The fourth-order valence-corrected chi connectivity index (χ4v) is 3.00. The Labute approximate surface area is 160 Å². The van der Waals surface area contributed by atoms with Crippen molar-refractivity contribution in [2.24, 2.45) is 0 Å². The van der Waals surface area contributed by atoms with Gasteiger partial charge in [0.15, 0.2) is 0 Å². The lowest BCUT2D eigenvalue weighted by Crippen LogP contribution is -2.15. The minimum atomic E-state index is 0.141. The first-order chi connectivity index (χ1) is 12.9. The van der Waals surface area contributed by atoms with Gasteiger partial charge in [-0.1, -0.05) is 18.7 Å². The lowest BCUT2D eigenvalue weighted by molar-refractivity contribution is 0.242. The van der Waals surface area contributed by atoms with Gasteiger partial charge in [-0.2, -0.15) is 0 Å². The van der Waals surface area contributed by atoms with Crippen LogP contribution in [-0.4, -0.2) is 6.10 Å². The molecule has 27 heavy (non-hydrogen) atoms. The highest BCUT2D eigenvalue weighted by Gasteiger charge is 2.13. The highest BCUT2D eigenvalue weighted by molar-refractivity contribution is 5.82. The summed E-state index contributed by atoms with van der Waals surface area (Å²) in [5, 5.41) is 4.40. The first-order valence-electron chi connectivity index (χ1n) is 9.24. The second-order valence-electron chi connectivity index (χ2n) is 7.09. The van der Waals surface area contributed by atoms with E-state index < -0.39 is 0 Å². The summed E-state index contributed by atoms with van der Waals surface area (Å²) < 4.78 is 17.3. The van der Waals surface area contributed by atoms with E-state index in [1.54, 1.807) is 6.26 Å². The lowest BCUT2D eigenvalue weighted by Gasteiger charge is -2.13. The number of ether oxygens (including phenoxy) is 2. The third kappa shape index (κ3) is 4.85. The molecule has 1 atom stereocenters. The van der Waals surface area contributed by atoms with Gasteiger partial charge in [0.1, 0.15) is 23.7 Å². The second-order valence-corrected chi connectivity index (χ2v) is 7.09. The number of benzene rings is 2. The van der Waals surface area contributed by atoms with E-state index in [9.17, 15) is 0 Å². The summed E-state index contributed by atoms with van der Waals surface area (Å²) in [6.07, 6.45) is 1.97. The molecule has 0 saturated heterocycles. The van der Waals surface area contributed by atoms with Gasteiger partial charge >= 0.3 is 0 Å². The van der Waals surface area contributed by atoms with E-state index in [1.807, 2.05) is 63.2 Å². The zero-order valence-electron chi connectivity index (χ0n) is 16.4. The first-order valence-corrected chi connectivity index (χ1v) is 9.24. The summed E-state index contributed by atoms with van der Waals surface area (Å²) in [6, 6.07) is 14.1. The standard InChI is InChI=1S/C23H27NO3/c1-15(2)24-17(5)22-14-26-23-12-20(10-11-21(22)23)25-13-18-6-8-19(9-7-18)27-16(3)4/h6-12,14,16-17,24H,1,13H2,2-5H3. The number of nitrogens with one attached hydrogen (secondary N) is 1. The molecule has 2 aromatic carbocycles. The monoisotopic (exact) mass is 365 g/mol. The molecule has 0 bridgehead atoms. The van der Waals surface area contributed by atoms with Crippen LogP contribution in [0.2, 0.25) is 0 Å². The Morgan fingerprint density at radius 1 is 1.07 bits per heavy atom. The van der Waals surface area contributed by atoms with Crippen LogP contribution in [0.5, 0.6) is 11.5 Å². The summed E-state index contributed by atoms with van der Waals surface area (Å²) >= 11 is 0. The molecular formula is C23H27NO3. The summed E-state index contributed by atoms with van der Waals surface area (Å²) in [5.74, 6) is 1.65. The zero-order chi connectivity index (χ0) is 19.4. The molecule has 142 valence electrons. The molecule has 0 saturated carbocycles. The molecule has 4 heteroatoms. The van der Waals surface area contributed by atoms with Crippen LogP contribution >= 0.6 is 0 Å². The van der Waals surface area contributed by atoms with Crippen LogP contribution < -0.4 is 14.8 Å². The molecule has 3 rings (SSSR count). The molecule has 3 aromatic rings. The van der Waals surface area contributed by atoms with Crippen LogP contribution in [0.1, 0.15) is 44.9 Å². The average molecular weight is 365 g/mol. The van der Waals surface area contributed by atoms with Crippen LogP contribution in [0.25, 0.3) is 11.0 Å². The van der Waals surface area contributed by atoms with Gasteiger partial charge in [0.25, 0.3) is 0 Å². The van der Waals surface area contributed by atoms with Gasteiger partial charge in [-0.25, -0.2) is 0 Å². The number of hydrogen-bond acceptors (Lipinski definition) is 4. The average Bonchev–Trinajstić information content (AvgIpc) is 3.03. The van der Waals surface area contributed by atoms with Crippen LogP contribution in [0.4, 0.5) is 0 Å². The van der Waals surface area contributed by atoms with Gasteiger partial charge in [-0.3, -0.25) is 0 Å². The predicted molar refractivity (Wildman–Crippen MR) is 109 cm³/mol. The fraction of sp³-hybridized carbons (Fsp3) is 0.304. The number of hydrogen-bond donors (Lipinski definition) is 1.